The number of aryl methyl sites for hydroxylation is 1. The van der Waals surface area contributed by atoms with Gasteiger partial charge in [0.1, 0.15) is 0 Å². The lowest BCUT2D eigenvalue weighted by molar-refractivity contribution is -0.120. The van der Waals surface area contributed by atoms with Crippen molar-refractivity contribution in [2.45, 2.75) is 19.8 Å². The SMILES string of the molecule is CCNC(=O)CNCCCc1ccccc1. The maximum atomic E-state index is 11.1. The van der Waals surface area contributed by atoms with Crippen LogP contribution in [0.4, 0.5) is 0 Å². The van der Waals surface area contributed by atoms with Crippen molar-refractivity contribution in [2.24, 2.45) is 0 Å². The first-order chi connectivity index (χ1) is 7.83. The molecule has 88 valence electrons. The van der Waals surface area contributed by atoms with E-state index in [9.17, 15) is 4.79 Å². The molecule has 0 aliphatic rings. The van der Waals surface area contributed by atoms with E-state index in [4.69, 9.17) is 0 Å². The summed E-state index contributed by atoms with van der Waals surface area (Å²) >= 11 is 0. The van der Waals surface area contributed by atoms with E-state index in [1.807, 2.05) is 13.0 Å². The first-order valence-electron chi connectivity index (χ1n) is 5.84. The first-order valence-corrected chi connectivity index (χ1v) is 5.84. The van der Waals surface area contributed by atoms with Gasteiger partial charge >= 0.3 is 0 Å². The summed E-state index contributed by atoms with van der Waals surface area (Å²) in [7, 11) is 0. The topological polar surface area (TPSA) is 41.1 Å². The minimum atomic E-state index is 0.0715. The molecule has 1 rings (SSSR count). The Labute approximate surface area is 97.2 Å². The molecule has 0 saturated carbocycles. The Hall–Kier alpha value is -1.35. The zero-order valence-corrected chi connectivity index (χ0v) is 9.83. The standard InChI is InChI=1S/C13H20N2O/c1-2-15-13(16)11-14-10-6-9-12-7-4-3-5-8-12/h3-5,7-8,14H,2,6,9-11H2,1H3,(H,15,16). The molecular weight excluding hydrogens is 200 g/mol. The molecule has 0 atom stereocenters. The third-order valence-electron chi connectivity index (χ3n) is 2.32. The van der Waals surface area contributed by atoms with Crippen LogP contribution < -0.4 is 10.6 Å². The number of hydrogen-bond donors (Lipinski definition) is 2. The fourth-order valence-corrected chi connectivity index (χ4v) is 1.52. The zero-order chi connectivity index (χ0) is 11.6. The largest absolute Gasteiger partial charge is 0.355 e. The quantitative estimate of drug-likeness (QED) is 0.681. The van der Waals surface area contributed by atoms with Crippen molar-refractivity contribution < 1.29 is 4.79 Å². The average molecular weight is 220 g/mol. The van der Waals surface area contributed by atoms with Crippen LogP contribution in [0.25, 0.3) is 0 Å². The van der Waals surface area contributed by atoms with E-state index in [1.54, 1.807) is 0 Å². The highest BCUT2D eigenvalue weighted by atomic mass is 16.1. The second-order valence-electron chi connectivity index (χ2n) is 3.72. The van der Waals surface area contributed by atoms with E-state index in [0.29, 0.717) is 13.1 Å². The predicted octanol–water partition coefficient (Wildman–Crippen LogP) is 1.34. The Bertz CT molecular complexity index is 298. The average Bonchev–Trinajstić information content (AvgIpc) is 2.30. The number of hydrogen-bond acceptors (Lipinski definition) is 2. The molecule has 0 unspecified atom stereocenters. The molecule has 1 amide bonds. The molecule has 0 heterocycles. The summed E-state index contributed by atoms with van der Waals surface area (Å²) in [5, 5.41) is 5.88. The maximum Gasteiger partial charge on any atom is 0.233 e. The minimum Gasteiger partial charge on any atom is -0.355 e. The Morgan fingerprint density at radius 3 is 2.69 bits per heavy atom. The van der Waals surface area contributed by atoms with Crippen molar-refractivity contribution in [3.63, 3.8) is 0 Å². The first kappa shape index (κ1) is 12.7. The molecule has 2 N–H and O–H groups in total. The number of carbonyl (C=O) groups is 1. The normalized spacial score (nSPS) is 10.1. The van der Waals surface area contributed by atoms with Crippen LogP contribution >= 0.6 is 0 Å². The Kier molecular flexibility index (Phi) is 6.26. The molecule has 0 aliphatic heterocycles. The van der Waals surface area contributed by atoms with Gasteiger partial charge in [-0.1, -0.05) is 30.3 Å². The van der Waals surface area contributed by atoms with E-state index >= 15 is 0 Å². The summed E-state index contributed by atoms with van der Waals surface area (Å²) in [6.07, 6.45) is 2.12. The Morgan fingerprint density at radius 1 is 1.25 bits per heavy atom. The van der Waals surface area contributed by atoms with Crippen LogP contribution in [0.5, 0.6) is 0 Å². The molecule has 0 saturated heterocycles. The third-order valence-corrected chi connectivity index (χ3v) is 2.32. The van der Waals surface area contributed by atoms with Crippen LogP contribution in [0.1, 0.15) is 18.9 Å². The molecule has 0 aromatic heterocycles. The van der Waals surface area contributed by atoms with Crippen LogP contribution in [-0.2, 0) is 11.2 Å². The molecule has 3 nitrogen and oxygen atoms in total. The highest BCUT2D eigenvalue weighted by molar-refractivity contribution is 5.77. The summed E-state index contributed by atoms with van der Waals surface area (Å²) in [5.41, 5.74) is 1.35. The number of nitrogens with one attached hydrogen (secondary N) is 2. The molecule has 0 radical (unpaired) electrons. The number of benzene rings is 1. The van der Waals surface area contributed by atoms with Crippen LogP contribution in [0, 0.1) is 0 Å². The van der Waals surface area contributed by atoms with E-state index in [1.165, 1.54) is 5.56 Å². The summed E-state index contributed by atoms with van der Waals surface area (Å²) in [6.45, 7) is 3.92. The molecule has 0 bridgehead atoms. The van der Waals surface area contributed by atoms with Crippen LogP contribution in [0.15, 0.2) is 30.3 Å². The van der Waals surface area contributed by atoms with Gasteiger partial charge in [-0.15, -0.1) is 0 Å². The van der Waals surface area contributed by atoms with Gasteiger partial charge in [-0.3, -0.25) is 4.79 Å². The Morgan fingerprint density at radius 2 is 2.00 bits per heavy atom. The fourth-order valence-electron chi connectivity index (χ4n) is 1.52. The van der Waals surface area contributed by atoms with Gasteiger partial charge in [-0.25, -0.2) is 0 Å². The molecule has 16 heavy (non-hydrogen) atoms. The lowest BCUT2D eigenvalue weighted by Crippen LogP contribution is -2.34. The van der Waals surface area contributed by atoms with Gasteiger partial charge < -0.3 is 10.6 Å². The highest BCUT2D eigenvalue weighted by Crippen LogP contribution is 2.01. The van der Waals surface area contributed by atoms with Gasteiger partial charge in [0, 0.05) is 6.54 Å². The van der Waals surface area contributed by atoms with Crippen LogP contribution in [0.3, 0.4) is 0 Å². The van der Waals surface area contributed by atoms with Crippen molar-refractivity contribution in [3.05, 3.63) is 35.9 Å². The molecular formula is C13H20N2O. The summed E-state index contributed by atoms with van der Waals surface area (Å²) in [5.74, 6) is 0.0715. The summed E-state index contributed by atoms with van der Waals surface area (Å²) in [4.78, 5) is 11.1. The molecule has 0 spiro atoms. The Balaban J connectivity index is 2.02. The molecule has 0 aliphatic carbocycles. The fraction of sp³-hybridized carbons (Fsp3) is 0.462. The molecule has 1 aromatic rings. The lowest BCUT2D eigenvalue weighted by atomic mass is 10.1. The van der Waals surface area contributed by atoms with Crippen LogP contribution in [0.2, 0.25) is 0 Å². The zero-order valence-electron chi connectivity index (χ0n) is 9.83. The van der Waals surface area contributed by atoms with Gasteiger partial charge in [-0.05, 0) is 31.9 Å². The van der Waals surface area contributed by atoms with E-state index in [2.05, 4.69) is 34.9 Å². The van der Waals surface area contributed by atoms with E-state index < -0.39 is 0 Å². The van der Waals surface area contributed by atoms with Gasteiger partial charge in [0.25, 0.3) is 0 Å². The van der Waals surface area contributed by atoms with Gasteiger partial charge in [0.15, 0.2) is 0 Å². The van der Waals surface area contributed by atoms with Gasteiger partial charge in [0.05, 0.1) is 6.54 Å². The highest BCUT2D eigenvalue weighted by Gasteiger charge is 1.97. The minimum absolute atomic E-state index is 0.0715. The molecule has 1 aromatic carbocycles. The van der Waals surface area contributed by atoms with E-state index in [0.717, 1.165) is 19.4 Å². The monoisotopic (exact) mass is 220 g/mol. The number of likely N-dealkylation sites (N-methyl/N-ethyl adjacent to an activating group) is 1. The smallest absolute Gasteiger partial charge is 0.233 e. The van der Waals surface area contributed by atoms with Crippen LogP contribution in [-0.4, -0.2) is 25.5 Å². The number of amides is 1. The lowest BCUT2D eigenvalue weighted by Gasteiger charge is -2.04. The summed E-state index contributed by atoms with van der Waals surface area (Å²) < 4.78 is 0. The van der Waals surface area contributed by atoms with Crippen molar-refractivity contribution in [2.75, 3.05) is 19.6 Å². The third kappa shape index (κ3) is 5.51. The number of rotatable bonds is 7. The van der Waals surface area contributed by atoms with Crippen molar-refractivity contribution in [1.82, 2.24) is 10.6 Å². The predicted molar refractivity (Wildman–Crippen MR) is 66.3 cm³/mol. The number of carbonyl (C=O) groups excluding carboxylic acids is 1. The van der Waals surface area contributed by atoms with Gasteiger partial charge in [-0.2, -0.15) is 0 Å². The van der Waals surface area contributed by atoms with Crippen molar-refractivity contribution in [3.8, 4) is 0 Å². The molecule has 0 fully saturated rings. The van der Waals surface area contributed by atoms with Crippen molar-refractivity contribution >= 4 is 5.91 Å². The second kappa shape index (κ2) is 7.88. The maximum absolute atomic E-state index is 11.1. The van der Waals surface area contributed by atoms with Crippen molar-refractivity contribution in [1.29, 1.82) is 0 Å². The van der Waals surface area contributed by atoms with Gasteiger partial charge in [0.2, 0.25) is 5.91 Å². The second-order valence-corrected chi connectivity index (χ2v) is 3.72. The molecule has 3 heteroatoms. The van der Waals surface area contributed by atoms with E-state index in [-0.39, 0.29) is 5.91 Å². The summed E-state index contributed by atoms with van der Waals surface area (Å²) in [6, 6.07) is 10.4.